The van der Waals surface area contributed by atoms with Crippen LogP contribution in [-0.4, -0.2) is 43.5 Å². The van der Waals surface area contributed by atoms with Crippen molar-refractivity contribution < 1.29 is 23.1 Å². The molecule has 0 unspecified atom stereocenters. The predicted octanol–water partition coefficient (Wildman–Crippen LogP) is 1.51. The van der Waals surface area contributed by atoms with Crippen LogP contribution in [0.1, 0.15) is 52.4 Å². The summed E-state index contributed by atoms with van der Waals surface area (Å²) in [5.41, 5.74) is -0.819. The van der Waals surface area contributed by atoms with E-state index >= 15 is 0 Å². The van der Waals surface area contributed by atoms with E-state index in [1.54, 1.807) is 0 Å². The highest BCUT2D eigenvalue weighted by molar-refractivity contribution is 7.89. The molecule has 0 aromatic rings. The first kappa shape index (κ1) is 17.4. The van der Waals surface area contributed by atoms with Gasteiger partial charge in [0.25, 0.3) is 0 Å². The minimum atomic E-state index is -3.52. The van der Waals surface area contributed by atoms with Crippen molar-refractivity contribution in [2.24, 2.45) is 0 Å². The van der Waals surface area contributed by atoms with Crippen molar-refractivity contribution in [3.05, 3.63) is 0 Å². The van der Waals surface area contributed by atoms with Crippen LogP contribution in [0.25, 0.3) is 0 Å². The van der Waals surface area contributed by atoms with Crippen molar-refractivity contribution in [1.82, 2.24) is 4.72 Å². The molecule has 2 N–H and O–H groups in total. The number of aliphatic carboxylic acids is 1. The van der Waals surface area contributed by atoms with Crippen molar-refractivity contribution in [1.29, 1.82) is 0 Å². The first-order chi connectivity index (χ1) is 9.25. The molecule has 6 nitrogen and oxygen atoms in total. The van der Waals surface area contributed by atoms with Crippen LogP contribution < -0.4 is 4.72 Å². The fourth-order valence-electron chi connectivity index (χ4n) is 2.61. The van der Waals surface area contributed by atoms with Gasteiger partial charge in [-0.2, -0.15) is 0 Å². The maximum absolute atomic E-state index is 12.1. The number of ether oxygens (including phenoxy) is 1. The number of hydrogen-bond donors (Lipinski definition) is 2. The lowest BCUT2D eigenvalue weighted by Crippen LogP contribution is -2.52. The van der Waals surface area contributed by atoms with Gasteiger partial charge in [0.05, 0.1) is 24.9 Å². The van der Waals surface area contributed by atoms with Gasteiger partial charge < -0.3 is 9.84 Å². The highest BCUT2D eigenvalue weighted by Gasteiger charge is 2.37. The standard InChI is InChI=1S/C13H25NO5S/c1-11(2)19-8-9-20(17,18)14-13(10-12(15)16)6-4-3-5-7-13/h11,14H,3-10H2,1-2H3,(H,15,16). The topological polar surface area (TPSA) is 92.7 Å². The summed E-state index contributed by atoms with van der Waals surface area (Å²) in [6.45, 7) is 3.80. The van der Waals surface area contributed by atoms with Gasteiger partial charge in [0.1, 0.15) is 0 Å². The van der Waals surface area contributed by atoms with E-state index in [1.165, 1.54) is 0 Å². The summed E-state index contributed by atoms with van der Waals surface area (Å²) < 4.78 is 32.0. The molecule has 20 heavy (non-hydrogen) atoms. The van der Waals surface area contributed by atoms with Gasteiger partial charge in [-0.3, -0.25) is 4.79 Å². The number of carbonyl (C=O) groups is 1. The fraction of sp³-hybridized carbons (Fsp3) is 0.923. The Morgan fingerprint density at radius 1 is 1.30 bits per heavy atom. The molecule has 1 saturated carbocycles. The molecule has 0 amide bonds. The van der Waals surface area contributed by atoms with E-state index in [4.69, 9.17) is 9.84 Å². The molecule has 0 saturated heterocycles. The van der Waals surface area contributed by atoms with E-state index in [0.29, 0.717) is 12.8 Å². The van der Waals surface area contributed by atoms with Crippen molar-refractivity contribution in [2.75, 3.05) is 12.4 Å². The van der Waals surface area contributed by atoms with E-state index in [0.717, 1.165) is 19.3 Å². The lowest BCUT2D eigenvalue weighted by molar-refractivity contribution is -0.138. The number of sulfonamides is 1. The third-order valence-electron chi connectivity index (χ3n) is 3.48. The summed E-state index contributed by atoms with van der Waals surface area (Å²) in [4.78, 5) is 11.0. The third kappa shape index (κ3) is 6.19. The third-order valence-corrected chi connectivity index (χ3v) is 4.92. The summed E-state index contributed by atoms with van der Waals surface area (Å²) in [7, 11) is -3.52. The van der Waals surface area contributed by atoms with Crippen molar-refractivity contribution in [3.63, 3.8) is 0 Å². The smallest absolute Gasteiger partial charge is 0.305 e. The normalized spacial score (nSPS) is 19.1. The number of hydrogen-bond acceptors (Lipinski definition) is 4. The Kier molecular flexibility index (Phi) is 6.42. The number of rotatable bonds is 8. The van der Waals surface area contributed by atoms with Gasteiger partial charge in [-0.15, -0.1) is 0 Å². The Morgan fingerprint density at radius 2 is 1.90 bits per heavy atom. The highest BCUT2D eigenvalue weighted by atomic mass is 32.2. The quantitative estimate of drug-likeness (QED) is 0.709. The molecule has 0 spiro atoms. The molecule has 0 radical (unpaired) electrons. The first-order valence-electron chi connectivity index (χ1n) is 7.10. The summed E-state index contributed by atoms with van der Waals surface area (Å²) in [5.74, 6) is -1.10. The van der Waals surface area contributed by atoms with Crippen LogP contribution in [0, 0.1) is 0 Å². The van der Waals surface area contributed by atoms with Crippen LogP contribution >= 0.6 is 0 Å². The molecule has 0 aliphatic heterocycles. The molecule has 1 aliphatic rings. The van der Waals surface area contributed by atoms with E-state index < -0.39 is 21.5 Å². The molecule has 118 valence electrons. The van der Waals surface area contributed by atoms with Gasteiger partial charge in [0.2, 0.25) is 10.0 Å². The second-order valence-corrected chi connectivity index (χ2v) is 7.59. The maximum atomic E-state index is 12.1. The molecule has 0 bridgehead atoms. The lowest BCUT2D eigenvalue weighted by atomic mass is 9.80. The zero-order valence-electron chi connectivity index (χ0n) is 12.2. The number of carboxylic acids is 1. The number of carboxylic acid groups (broad SMARTS) is 1. The van der Waals surface area contributed by atoms with Gasteiger partial charge in [-0.25, -0.2) is 13.1 Å². The Bertz CT molecular complexity index is 412. The van der Waals surface area contributed by atoms with Crippen LogP contribution in [0.5, 0.6) is 0 Å². The number of nitrogens with one attached hydrogen (secondary N) is 1. The minimum absolute atomic E-state index is 0.0205. The molecule has 0 aromatic carbocycles. The average Bonchev–Trinajstić information content (AvgIpc) is 2.26. The lowest BCUT2D eigenvalue weighted by Gasteiger charge is -2.36. The summed E-state index contributed by atoms with van der Waals surface area (Å²) in [5, 5.41) is 9.02. The minimum Gasteiger partial charge on any atom is -0.481 e. The Labute approximate surface area is 120 Å². The Hall–Kier alpha value is -0.660. The first-order valence-corrected chi connectivity index (χ1v) is 8.75. The van der Waals surface area contributed by atoms with Crippen molar-refractivity contribution in [3.8, 4) is 0 Å². The molecule has 1 fully saturated rings. The van der Waals surface area contributed by atoms with E-state index in [-0.39, 0.29) is 24.9 Å². The van der Waals surface area contributed by atoms with Gasteiger partial charge in [0, 0.05) is 5.54 Å². The van der Waals surface area contributed by atoms with Gasteiger partial charge in [0.15, 0.2) is 0 Å². The molecule has 1 aliphatic carbocycles. The molecule has 7 heteroatoms. The SMILES string of the molecule is CC(C)OCCS(=O)(=O)NC1(CC(=O)O)CCCCC1. The molecule has 0 aromatic heterocycles. The second kappa shape index (κ2) is 7.38. The van der Waals surface area contributed by atoms with Crippen molar-refractivity contribution in [2.45, 2.75) is 64.0 Å². The molecule has 0 atom stereocenters. The largest absolute Gasteiger partial charge is 0.481 e. The van der Waals surface area contributed by atoms with Gasteiger partial charge in [-0.1, -0.05) is 19.3 Å². The molecule has 1 rings (SSSR count). The fourth-order valence-corrected chi connectivity index (χ4v) is 3.96. The zero-order chi connectivity index (χ0) is 15.2. The zero-order valence-corrected chi connectivity index (χ0v) is 13.0. The predicted molar refractivity (Wildman–Crippen MR) is 76.1 cm³/mol. The second-order valence-electron chi connectivity index (χ2n) is 5.75. The van der Waals surface area contributed by atoms with E-state index in [1.807, 2.05) is 13.8 Å². The summed E-state index contributed by atoms with van der Waals surface area (Å²) in [6, 6.07) is 0. The Balaban J connectivity index is 2.65. The van der Waals surface area contributed by atoms with Crippen LogP contribution in [-0.2, 0) is 19.6 Å². The summed E-state index contributed by atoms with van der Waals surface area (Å²) in [6.07, 6.45) is 3.74. The van der Waals surface area contributed by atoms with Gasteiger partial charge in [-0.05, 0) is 26.7 Å². The monoisotopic (exact) mass is 307 g/mol. The van der Waals surface area contributed by atoms with Crippen molar-refractivity contribution >= 4 is 16.0 Å². The maximum Gasteiger partial charge on any atom is 0.305 e. The molecular formula is C13H25NO5S. The van der Waals surface area contributed by atoms with E-state index in [9.17, 15) is 13.2 Å². The summed E-state index contributed by atoms with van der Waals surface area (Å²) >= 11 is 0. The average molecular weight is 307 g/mol. The van der Waals surface area contributed by atoms with E-state index in [2.05, 4.69) is 4.72 Å². The molecular weight excluding hydrogens is 282 g/mol. The van der Waals surface area contributed by atoms with Crippen LogP contribution in [0.2, 0.25) is 0 Å². The van der Waals surface area contributed by atoms with Gasteiger partial charge >= 0.3 is 5.97 Å². The highest BCUT2D eigenvalue weighted by Crippen LogP contribution is 2.31. The van der Waals surface area contributed by atoms with Crippen LogP contribution in [0.4, 0.5) is 0 Å². The Morgan fingerprint density at radius 3 is 2.40 bits per heavy atom. The molecule has 0 heterocycles. The van der Waals surface area contributed by atoms with Crippen LogP contribution in [0.3, 0.4) is 0 Å². The van der Waals surface area contributed by atoms with Crippen LogP contribution in [0.15, 0.2) is 0 Å².